The second kappa shape index (κ2) is 11.8. The van der Waals surface area contributed by atoms with Crippen molar-refractivity contribution < 1.29 is 23.9 Å². The van der Waals surface area contributed by atoms with E-state index in [2.05, 4.69) is 0 Å². The van der Waals surface area contributed by atoms with E-state index in [1.165, 1.54) is 6.92 Å². The third-order valence-corrected chi connectivity index (χ3v) is 4.43. The maximum atomic E-state index is 12.5. The predicted octanol–water partition coefficient (Wildman–Crippen LogP) is 3.75. The normalized spacial score (nSPS) is 12.8. The summed E-state index contributed by atoms with van der Waals surface area (Å²) in [6.45, 7) is 2.27. The standard InChI is InChI=1S/C23H26O5/c1-18(25)14-22(23(26)28-17-20-10-6-3-7-11-20)21(15-24)12-13-27-16-19-8-4-2-5-9-19/h2-11,15,21-22H,12-14,16-17H2,1H3/t21-,22-/m0/s1. The van der Waals surface area contributed by atoms with Gasteiger partial charge in [-0.3, -0.25) is 4.79 Å². The monoisotopic (exact) mass is 382 g/mol. The third-order valence-electron chi connectivity index (χ3n) is 4.43. The van der Waals surface area contributed by atoms with Crippen molar-refractivity contribution in [3.63, 3.8) is 0 Å². The van der Waals surface area contributed by atoms with E-state index >= 15 is 0 Å². The Balaban J connectivity index is 1.89. The van der Waals surface area contributed by atoms with Crippen LogP contribution in [-0.4, -0.2) is 24.6 Å². The summed E-state index contributed by atoms with van der Waals surface area (Å²) in [4.78, 5) is 35.7. The first-order valence-electron chi connectivity index (χ1n) is 9.37. The molecule has 0 fully saturated rings. The number of esters is 1. The van der Waals surface area contributed by atoms with Gasteiger partial charge in [-0.1, -0.05) is 60.7 Å². The van der Waals surface area contributed by atoms with Crippen LogP contribution in [0.3, 0.4) is 0 Å². The highest BCUT2D eigenvalue weighted by atomic mass is 16.5. The number of aldehydes is 1. The van der Waals surface area contributed by atoms with Gasteiger partial charge in [0, 0.05) is 18.9 Å². The summed E-state index contributed by atoms with van der Waals surface area (Å²) in [6, 6.07) is 19.0. The Morgan fingerprint density at radius 3 is 2.04 bits per heavy atom. The number of benzene rings is 2. The SMILES string of the molecule is CC(=O)C[C@H](C(=O)OCc1ccccc1)[C@H](C=O)CCOCc1ccccc1. The molecular formula is C23H26O5. The van der Waals surface area contributed by atoms with Gasteiger partial charge in [0.1, 0.15) is 18.7 Å². The Bertz CT molecular complexity index is 742. The third kappa shape index (κ3) is 7.45. The molecule has 0 amide bonds. The molecule has 2 aromatic carbocycles. The summed E-state index contributed by atoms with van der Waals surface area (Å²) in [5, 5.41) is 0. The van der Waals surface area contributed by atoms with E-state index in [-0.39, 0.29) is 18.8 Å². The van der Waals surface area contributed by atoms with Crippen LogP contribution in [0.15, 0.2) is 60.7 Å². The Kier molecular flexibility index (Phi) is 9.08. The summed E-state index contributed by atoms with van der Waals surface area (Å²) in [5.41, 5.74) is 1.89. The van der Waals surface area contributed by atoms with Crippen molar-refractivity contribution >= 4 is 18.0 Å². The molecule has 0 radical (unpaired) electrons. The van der Waals surface area contributed by atoms with Gasteiger partial charge in [0.15, 0.2) is 0 Å². The van der Waals surface area contributed by atoms with Crippen molar-refractivity contribution in [2.75, 3.05) is 6.61 Å². The second-order valence-electron chi connectivity index (χ2n) is 6.73. The summed E-state index contributed by atoms with van der Waals surface area (Å²) < 4.78 is 11.0. The van der Waals surface area contributed by atoms with Crippen molar-refractivity contribution in [3.8, 4) is 0 Å². The maximum Gasteiger partial charge on any atom is 0.310 e. The molecule has 5 heteroatoms. The first kappa shape index (κ1) is 21.5. The highest BCUT2D eigenvalue weighted by molar-refractivity contribution is 5.85. The number of hydrogen-bond acceptors (Lipinski definition) is 5. The van der Waals surface area contributed by atoms with Gasteiger partial charge < -0.3 is 19.1 Å². The molecule has 5 nitrogen and oxygen atoms in total. The molecule has 0 aliphatic carbocycles. The highest BCUT2D eigenvalue weighted by Crippen LogP contribution is 2.21. The largest absolute Gasteiger partial charge is 0.461 e. The molecule has 0 bridgehead atoms. The van der Waals surface area contributed by atoms with Crippen LogP contribution >= 0.6 is 0 Å². The molecule has 0 heterocycles. The number of ketones is 1. The smallest absolute Gasteiger partial charge is 0.310 e. The highest BCUT2D eigenvalue weighted by Gasteiger charge is 2.30. The van der Waals surface area contributed by atoms with Crippen LogP contribution in [0.4, 0.5) is 0 Å². The number of hydrogen-bond donors (Lipinski definition) is 0. The van der Waals surface area contributed by atoms with Crippen LogP contribution in [0.2, 0.25) is 0 Å². The minimum Gasteiger partial charge on any atom is -0.461 e. The van der Waals surface area contributed by atoms with Crippen LogP contribution in [0, 0.1) is 11.8 Å². The molecule has 0 unspecified atom stereocenters. The Morgan fingerprint density at radius 1 is 0.929 bits per heavy atom. The van der Waals surface area contributed by atoms with Crippen LogP contribution in [-0.2, 0) is 37.1 Å². The van der Waals surface area contributed by atoms with E-state index in [1.807, 2.05) is 60.7 Å². The molecule has 2 aromatic rings. The van der Waals surface area contributed by atoms with Gasteiger partial charge >= 0.3 is 5.97 Å². The maximum absolute atomic E-state index is 12.5. The average Bonchev–Trinajstić information content (AvgIpc) is 2.72. The molecule has 2 atom stereocenters. The number of carbonyl (C=O) groups is 3. The average molecular weight is 382 g/mol. The summed E-state index contributed by atoms with van der Waals surface area (Å²) in [5.74, 6) is -2.10. The molecule has 2 rings (SSSR count). The van der Waals surface area contributed by atoms with Crippen LogP contribution in [0.5, 0.6) is 0 Å². The van der Waals surface area contributed by atoms with Gasteiger partial charge in [0.2, 0.25) is 0 Å². The van der Waals surface area contributed by atoms with Crippen molar-refractivity contribution in [1.29, 1.82) is 0 Å². The first-order valence-corrected chi connectivity index (χ1v) is 9.37. The molecule has 0 aliphatic rings. The van der Waals surface area contributed by atoms with Gasteiger partial charge in [0.05, 0.1) is 12.5 Å². The molecule has 28 heavy (non-hydrogen) atoms. The van der Waals surface area contributed by atoms with E-state index in [9.17, 15) is 14.4 Å². The number of rotatable bonds is 12. The fraction of sp³-hybridized carbons (Fsp3) is 0.348. The van der Waals surface area contributed by atoms with Crippen molar-refractivity contribution in [2.45, 2.75) is 33.0 Å². The zero-order valence-electron chi connectivity index (χ0n) is 16.1. The van der Waals surface area contributed by atoms with E-state index in [0.29, 0.717) is 19.6 Å². The lowest BCUT2D eigenvalue weighted by Gasteiger charge is -2.20. The zero-order valence-corrected chi connectivity index (χ0v) is 16.1. The Labute approximate surface area is 165 Å². The summed E-state index contributed by atoms with van der Waals surface area (Å²) in [7, 11) is 0. The van der Waals surface area contributed by atoms with Gasteiger partial charge in [-0.15, -0.1) is 0 Å². The van der Waals surface area contributed by atoms with Gasteiger partial charge in [0.25, 0.3) is 0 Å². The lowest BCUT2D eigenvalue weighted by atomic mass is 9.87. The van der Waals surface area contributed by atoms with Crippen LogP contribution in [0.25, 0.3) is 0 Å². The van der Waals surface area contributed by atoms with Crippen LogP contribution < -0.4 is 0 Å². The lowest BCUT2D eigenvalue weighted by Crippen LogP contribution is -2.29. The lowest BCUT2D eigenvalue weighted by molar-refractivity contribution is -0.154. The van der Waals surface area contributed by atoms with Gasteiger partial charge in [-0.05, 0) is 24.5 Å². The minimum atomic E-state index is -0.793. The number of carbonyl (C=O) groups excluding carboxylic acids is 3. The first-order chi connectivity index (χ1) is 13.6. The molecule has 0 N–H and O–H groups in total. The Hall–Kier alpha value is -2.79. The quantitative estimate of drug-likeness (QED) is 0.318. The molecule has 0 aliphatic heterocycles. The molecule has 0 saturated carbocycles. The number of Topliss-reactive ketones (excluding diaryl/α,β-unsaturated/α-hetero) is 1. The van der Waals surface area contributed by atoms with Crippen LogP contribution in [0.1, 0.15) is 30.9 Å². The molecule has 148 valence electrons. The minimum absolute atomic E-state index is 0.0181. The summed E-state index contributed by atoms with van der Waals surface area (Å²) >= 11 is 0. The topological polar surface area (TPSA) is 69.7 Å². The van der Waals surface area contributed by atoms with Crippen molar-refractivity contribution in [3.05, 3.63) is 71.8 Å². The van der Waals surface area contributed by atoms with E-state index in [0.717, 1.165) is 17.4 Å². The second-order valence-corrected chi connectivity index (χ2v) is 6.73. The van der Waals surface area contributed by atoms with E-state index < -0.39 is 17.8 Å². The van der Waals surface area contributed by atoms with E-state index in [4.69, 9.17) is 9.47 Å². The Morgan fingerprint density at radius 2 is 1.50 bits per heavy atom. The molecule has 0 spiro atoms. The molecular weight excluding hydrogens is 356 g/mol. The predicted molar refractivity (Wildman–Crippen MR) is 105 cm³/mol. The molecule has 0 aromatic heterocycles. The summed E-state index contributed by atoms with van der Waals surface area (Å²) in [6.07, 6.45) is 1.06. The fourth-order valence-electron chi connectivity index (χ4n) is 2.90. The fourth-order valence-corrected chi connectivity index (χ4v) is 2.90. The number of ether oxygens (including phenoxy) is 2. The van der Waals surface area contributed by atoms with Gasteiger partial charge in [-0.2, -0.15) is 0 Å². The zero-order chi connectivity index (χ0) is 20.2. The van der Waals surface area contributed by atoms with Gasteiger partial charge in [-0.25, -0.2) is 0 Å². The van der Waals surface area contributed by atoms with E-state index in [1.54, 1.807) is 0 Å². The van der Waals surface area contributed by atoms with Crippen molar-refractivity contribution in [1.82, 2.24) is 0 Å². The van der Waals surface area contributed by atoms with Crippen molar-refractivity contribution in [2.24, 2.45) is 11.8 Å². The molecule has 0 saturated heterocycles.